The first-order chi connectivity index (χ1) is 8.00. The van der Waals surface area contributed by atoms with Gasteiger partial charge in [-0.25, -0.2) is 9.18 Å². The van der Waals surface area contributed by atoms with Crippen molar-refractivity contribution in [3.63, 3.8) is 0 Å². The molecule has 1 unspecified atom stereocenters. The molecule has 1 atom stereocenters. The van der Waals surface area contributed by atoms with Crippen LogP contribution in [0.2, 0.25) is 0 Å². The molecule has 1 aromatic rings. The molecule has 0 saturated carbocycles. The first kappa shape index (κ1) is 11.9. The van der Waals surface area contributed by atoms with Crippen LogP contribution in [0.1, 0.15) is 16.8 Å². The average Bonchev–Trinajstić information content (AvgIpc) is 2.56. The minimum absolute atomic E-state index is 0.0608. The molecule has 0 aliphatic carbocycles. The second kappa shape index (κ2) is 4.33. The maximum Gasteiger partial charge on any atom is 0.340 e. The van der Waals surface area contributed by atoms with Crippen molar-refractivity contribution in [2.75, 3.05) is 11.4 Å². The number of rotatable bonds is 2. The number of nitrogens with zero attached hydrogens (tertiary/aromatic N) is 1. The van der Waals surface area contributed by atoms with Gasteiger partial charge in [-0.05, 0) is 12.1 Å². The SMILES string of the molecule is O=C(O)c1c(F)cccc1N1CC(Cl)CC1=O. The summed E-state index contributed by atoms with van der Waals surface area (Å²) in [6, 6.07) is 3.82. The molecule has 17 heavy (non-hydrogen) atoms. The molecule has 2 rings (SSSR count). The first-order valence-electron chi connectivity index (χ1n) is 4.97. The van der Waals surface area contributed by atoms with Crippen molar-refractivity contribution in [2.24, 2.45) is 0 Å². The van der Waals surface area contributed by atoms with E-state index in [-0.39, 0.29) is 29.9 Å². The molecule has 1 heterocycles. The first-order valence-corrected chi connectivity index (χ1v) is 5.40. The third-order valence-electron chi connectivity index (χ3n) is 2.57. The van der Waals surface area contributed by atoms with Gasteiger partial charge in [0.25, 0.3) is 0 Å². The number of carbonyl (C=O) groups excluding carboxylic acids is 1. The quantitative estimate of drug-likeness (QED) is 0.823. The van der Waals surface area contributed by atoms with Crippen LogP contribution in [0.25, 0.3) is 0 Å². The van der Waals surface area contributed by atoms with E-state index in [0.717, 1.165) is 6.07 Å². The van der Waals surface area contributed by atoms with E-state index in [1.165, 1.54) is 17.0 Å². The Morgan fingerprint density at radius 3 is 2.76 bits per heavy atom. The maximum atomic E-state index is 13.4. The Balaban J connectivity index is 2.49. The van der Waals surface area contributed by atoms with E-state index in [4.69, 9.17) is 16.7 Å². The number of carboxylic acids is 1. The third-order valence-corrected chi connectivity index (χ3v) is 2.87. The Bertz CT molecular complexity index is 492. The van der Waals surface area contributed by atoms with Gasteiger partial charge >= 0.3 is 5.97 Å². The number of benzene rings is 1. The van der Waals surface area contributed by atoms with Crippen LogP contribution in [0.4, 0.5) is 10.1 Å². The summed E-state index contributed by atoms with van der Waals surface area (Å²) < 4.78 is 13.4. The largest absolute Gasteiger partial charge is 0.478 e. The van der Waals surface area contributed by atoms with Gasteiger partial charge in [-0.15, -0.1) is 11.6 Å². The lowest BCUT2D eigenvalue weighted by Gasteiger charge is -2.18. The number of hydrogen-bond donors (Lipinski definition) is 1. The smallest absolute Gasteiger partial charge is 0.340 e. The van der Waals surface area contributed by atoms with Gasteiger partial charge in [0.05, 0.1) is 11.1 Å². The molecular formula is C11H9ClFNO3. The molecule has 1 aliphatic rings. The predicted octanol–water partition coefficient (Wildman–Crippen LogP) is 1.87. The van der Waals surface area contributed by atoms with Gasteiger partial charge < -0.3 is 10.0 Å². The van der Waals surface area contributed by atoms with Gasteiger partial charge in [0.2, 0.25) is 5.91 Å². The molecular weight excluding hydrogens is 249 g/mol. The second-order valence-corrected chi connectivity index (χ2v) is 4.36. The van der Waals surface area contributed by atoms with Crippen molar-refractivity contribution in [1.29, 1.82) is 0 Å². The summed E-state index contributed by atoms with van der Waals surface area (Å²) in [6.45, 7) is 0.199. The molecule has 0 aromatic heterocycles. The summed E-state index contributed by atoms with van der Waals surface area (Å²) in [7, 11) is 0. The Labute approximate surface area is 102 Å². The molecule has 0 radical (unpaired) electrons. The summed E-state index contributed by atoms with van der Waals surface area (Å²) in [6.07, 6.45) is 0.136. The molecule has 1 fully saturated rings. The zero-order valence-corrected chi connectivity index (χ0v) is 9.45. The van der Waals surface area contributed by atoms with Crippen LogP contribution in [-0.2, 0) is 4.79 Å². The monoisotopic (exact) mass is 257 g/mol. The minimum atomic E-state index is -1.40. The standard InChI is InChI=1S/C11H9ClFNO3/c12-6-4-9(15)14(5-6)8-3-1-2-7(13)10(8)11(16)17/h1-3,6H,4-5H2,(H,16,17). The van der Waals surface area contributed by atoms with Crippen LogP contribution in [0.15, 0.2) is 18.2 Å². The van der Waals surface area contributed by atoms with Crippen molar-refractivity contribution in [3.8, 4) is 0 Å². The van der Waals surface area contributed by atoms with Crippen molar-refractivity contribution in [2.45, 2.75) is 11.8 Å². The van der Waals surface area contributed by atoms with Crippen molar-refractivity contribution >= 4 is 29.2 Å². The molecule has 6 heteroatoms. The van der Waals surface area contributed by atoms with E-state index in [0.29, 0.717) is 0 Å². The highest BCUT2D eigenvalue weighted by Crippen LogP contribution is 2.28. The highest BCUT2D eigenvalue weighted by Gasteiger charge is 2.32. The highest BCUT2D eigenvalue weighted by molar-refractivity contribution is 6.24. The summed E-state index contributed by atoms with van der Waals surface area (Å²) in [5, 5.41) is 8.58. The number of alkyl halides is 1. The van der Waals surface area contributed by atoms with Crippen LogP contribution in [-0.4, -0.2) is 28.9 Å². The Kier molecular flexibility index (Phi) is 3.02. The van der Waals surface area contributed by atoms with Gasteiger partial charge in [0.15, 0.2) is 0 Å². The molecule has 0 bridgehead atoms. The molecule has 90 valence electrons. The Morgan fingerprint density at radius 1 is 1.53 bits per heavy atom. The fourth-order valence-electron chi connectivity index (χ4n) is 1.85. The summed E-state index contributed by atoms with van der Waals surface area (Å²) in [5.74, 6) is -2.55. The molecule has 1 saturated heterocycles. The van der Waals surface area contributed by atoms with Crippen LogP contribution < -0.4 is 4.90 Å². The van der Waals surface area contributed by atoms with Crippen LogP contribution in [0.3, 0.4) is 0 Å². The molecule has 1 aliphatic heterocycles. The van der Waals surface area contributed by atoms with Crippen LogP contribution >= 0.6 is 11.6 Å². The van der Waals surface area contributed by atoms with Gasteiger partial charge in [-0.3, -0.25) is 4.79 Å². The summed E-state index contributed by atoms with van der Waals surface area (Å²) >= 11 is 5.82. The van der Waals surface area contributed by atoms with Gasteiger partial charge in [-0.1, -0.05) is 6.07 Å². The number of halogens is 2. The zero-order valence-electron chi connectivity index (χ0n) is 8.69. The number of hydrogen-bond acceptors (Lipinski definition) is 2. The Hall–Kier alpha value is -1.62. The lowest BCUT2D eigenvalue weighted by molar-refractivity contribution is -0.117. The zero-order chi connectivity index (χ0) is 12.6. The number of amides is 1. The Morgan fingerprint density at radius 2 is 2.24 bits per heavy atom. The fraction of sp³-hybridized carbons (Fsp3) is 0.273. The van der Waals surface area contributed by atoms with Gasteiger partial charge in [0, 0.05) is 13.0 Å². The van der Waals surface area contributed by atoms with Crippen molar-refractivity contribution in [3.05, 3.63) is 29.6 Å². The van der Waals surface area contributed by atoms with Crippen LogP contribution in [0.5, 0.6) is 0 Å². The van der Waals surface area contributed by atoms with E-state index in [9.17, 15) is 14.0 Å². The number of anilines is 1. The van der Waals surface area contributed by atoms with E-state index in [2.05, 4.69) is 0 Å². The van der Waals surface area contributed by atoms with Gasteiger partial charge in [-0.2, -0.15) is 0 Å². The number of aromatic carboxylic acids is 1. The van der Waals surface area contributed by atoms with E-state index < -0.39 is 17.3 Å². The third kappa shape index (κ3) is 2.10. The van der Waals surface area contributed by atoms with E-state index in [1.54, 1.807) is 0 Å². The fourth-order valence-corrected chi connectivity index (χ4v) is 2.12. The number of carboxylic acid groups (broad SMARTS) is 1. The molecule has 1 aromatic carbocycles. The highest BCUT2D eigenvalue weighted by atomic mass is 35.5. The lowest BCUT2D eigenvalue weighted by Crippen LogP contribution is -2.27. The number of carbonyl (C=O) groups is 2. The molecule has 1 N–H and O–H groups in total. The predicted molar refractivity (Wildman–Crippen MR) is 60.0 cm³/mol. The average molecular weight is 258 g/mol. The van der Waals surface area contributed by atoms with Crippen molar-refractivity contribution in [1.82, 2.24) is 0 Å². The summed E-state index contributed by atoms with van der Waals surface area (Å²) in [4.78, 5) is 23.8. The normalized spacial score (nSPS) is 19.8. The van der Waals surface area contributed by atoms with E-state index in [1.807, 2.05) is 0 Å². The van der Waals surface area contributed by atoms with Gasteiger partial charge in [0.1, 0.15) is 11.4 Å². The molecule has 0 spiro atoms. The molecule has 1 amide bonds. The summed E-state index contributed by atoms with van der Waals surface area (Å²) in [5.41, 5.74) is -0.433. The maximum absolute atomic E-state index is 13.4. The molecule has 4 nitrogen and oxygen atoms in total. The van der Waals surface area contributed by atoms with Crippen molar-refractivity contribution < 1.29 is 19.1 Å². The lowest BCUT2D eigenvalue weighted by atomic mass is 10.1. The van der Waals surface area contributed by atoms with E-state index >= 15 is 0 Å². The minimum Gasteiger partial charge on any atom is -0.478 e. The topological polar surface area (TPSA) is 57.6 Å². The van der Waals surface area contributed by atoms with Crippen LogP contribution in [0, 0.1) is 5.82 Å². The second-order valence-electron chi connectivity index (χ2n) is 3.74.